The molecule has 0 bridgehead atoms. The Morgan fingerprint density at radius 1 is 0.472 bits per heavy atom. The van der Waals surface area contributed by atoms with Crippen LogP contribution < -0.4 is 0 Å². The number of unbranched alkanes of at least 4 members (excludes halogenated alkanes) is 26. The molecule has 2 fully saturated rings. The molecule has 1 aliphatic heterocycles. The number of esters is 2. The van der Waals surface area contributed by atoms with E-state index in [-0.39, 0.29) is 35.8 Å². The fourth-order valence-electron chi connectivity index (χ4n) is 11.2. The molecule has 3 amide bonds. The minimum atomic E-state index is -0.0714. The molecule has 422 valence electrons. The van der Waals surface area contributed by atoms with E-state index >= 15 is 0 Å². The smallest absolute Gasteiger partial charge is 0.320 e. The van der Waals surface area contributed by atoms with Gasteiger partial charge in [0.05, 0.1) is 19.8 Å². The lowest BCUT2D eigenvalue weighted by molar-refractivity contribution is -0.147. The summed E-state index contributed by atoms with van der Waals surface area (Å²) in [4.78, 5) is 61.4. The van der Waals surface area contributed by atoms with Gasteiger partial charge in [-0.2, -0.15) is 0 Å². The van der Waals surface area contributed by atoms with Gasteiger partial charge < -0.3 is 29.1 Å². The van der Waals surface area contributed by atoms with Crippen molar-refractivity contribution in [2.45, 2.75) is 291 Å². The van der Waals surface area contributed by atoms with Crippen molar-refractivity contribution in [1.82, 2.24) is 19.6 Å². The van der Waals surface area contributed by atoms with Crippen LogP contribution in [0.4, 0.5) is 4.79 Å². The highest BCUT2D eigenvalue weighted by atomic mass is 16.5. The van der Waals surface area contributed by atoms with Gasteiger partial charge in [0.1, 0.15) is 0 Å². The Kier molecular flexibility index (Phi) is 41.0. The molecule has 0 aromatic rings. The summed E-state index contributed by atoms with van der Waals surface area (Å²) in [5.41, 5.74) is 0. The zero-order valence-electron chi connectivity index (χ0n) is 48.5. The average molecular weight is 1020 g/mol. The summed E-state index contributed by atoms with van der Waals surface area (Å²) < 4.78 is 12.0. The van der Waals surface area contributed by atoms with Gasteiger partial charge in [-0.15, -0.1) is 0 Å². The minimum Gasteiger partial charge on any atom is -0.465 e. The lowest BCUT2D eigenvalue weighted by Crippen LogP contribution is -2.54. The Balaban J connectivity index is 1.87. The number of likely N-dealkylation sites (N-methyl/N-ethyl adjacent to an activating group) is 1. The molecule has 2 rings (SSSR count). The summed E-state index contributed by atoms with van der Waals surface area (Å²) in [5.74, 6) is 1.19. The second kappa shape index (κ2) is 44.9. The molecule has 0 spiro atoms. The molecule has 0 atom stereocenters. The van der Waals surface area contributed by atoms with Crippen LogP contribution in [0.15, 0.2) is 0 Å². The maximum absolute atomic E-state index is 14.4. The zero-order chi connectivity index (χ0) is 52.3. The maximum Gasteiger partial charge on any atom is 0.320 e. The van der Waals surface area contributed by atoms with Gasteiger partial charge in [0.15, 0.2) is 0 Å². The number of amides is 3. The van der Waals surface area contributed by atoms with Crippen molar-refractivity contribution in [3.8, 4) is 0 Å². The Morgan fingerprint density at radius 2 is 0.861 bits per heavy atom. The van der Waals surface area contributed by atoms with E-state index in [0.717, 1.165) is 64.2 Å². The van der Waals surface area contributed by atoms with Crippen LogP contribution in [0.25, 0.3) is 0 Å². The molecular formula is C62H118N4O6. The molecular weight excluding hydrogens is 897 g/mol. The number of hydrogen-bond acceptors (Lipinski definition) is 7. The van der Waals surface area contributed by atoms with E-state index in [4.69, 9.17) is 9.47 Å². The first-order valence-electron chi connectivity index (χ1n) is 31.4. The SMILES string of the molecule is CCCCCCCCCC(CCCCCCCCC)COC(=O)CCCCCCCN(C(=O)N1CCCN(C(=O)CN(C)C)CC1)C1CC(CC(=O)OCC(CCCCCCCC)CCCCCCCC)C1. The second-order valence-corrected chi connectivity index (χ2v) is 23.2. The highest BCUT2D eigenvalue weighted by Crippen LogP contribution is 2.36. The molecule has 2 aliphatic rings. The third kappa shape index (κ3) is 33.5. The van der Waals surface area contributed by atoms with E-state index in [0.29, 0.717) is 77.2 Å². The number of urea groups is 1. The number of rotatable bonds is 47. The molecule has 1 heterocycles. The molecule has 0 unspecified atom stereocenters. The van der Waals surface area contributed by atoms with Crippen molar-refractivity contribution < 1.29 is 28.7 Å². The number of carbonyl (C=O) groups excluding carboxylic acids is 4. The maximum atomic E-state index is 14.4. The fourth-order valence-corrected chi connectivity index (χ4v) is 11.2. The number of hydrogen-bond donors (Lipinski definition) is 0. The molecule has 0 radical (unpaired) electrons. The van der Waals surface area contributed by atoms with Crippen LogP contribution in [-0.2, 0) is 23.9 Å². The monoisotopic (exact) mass is 1010 g/mol. The van der Waals surface area contributed by atoms with Gasteiger partial charge in [-0.1, -0.05) is 214 Å². The second-order valence-electron chi connectivity index (χ2n) is 23.2. The van der Waals surface area contributed by atoms with Crippen LogP contribution in [0.3, 0.4) is 0 Å². The average Bonchev–Trinajstić information content (AvgIpc) is 3.62. The zero-order valence-corrected chi connectivity index (χ0v) is 48.5. The predicted molar refractivity (Wildman–Crippen MR) is 302 cm³/mol. The minimum absolute atomic E-state index is 0.0418. The van der Waals surface area contributed by atoms with E-state index in [1.807, 2.05) is 28.8 Å². The molecule has 72 heavy (non-hydrogen) atoms. The molecule has 0 aromatic carbocycles. The summed E-state index contributed by atoms with van der Waals surface area (Å²) in [6, 6.07) is 0.198. The Morgan fingerprint density at radius 3 is 1.32 bits per heavy atom. The standard InChI is InChI=1S/C62H118N4O6/c1-7-11-15-19-23-28-34-39-55(40-35-29-24-20-16-12-8-2)53-71-60(68)43-36-30-25-31-37-46-66(62(70)65-45-38-44-64(47-48-65)59(67)52-63(5)6)58-49-57(50-58)51-61(69)72-54-56(41-32-26-21-17-13-9-3)42-33-27-22-18-14-10-4/h55-58H,7-54H2,1-6H3. The molecule has 1 aliphatic carbocycles. The van der Waals surface area contributed by atoms with Gasteiger partial charge in [0.25, 0.3) is 0 Å². The molecule has 10 heteroatoms. The first kappa shape index (κ1) is 65.8. The van der Waals surface area contributed by atoms with Gasteiger partial charge >= 0.3 is 18.0 Å². The largest absolute Gasteiger partial charge is 0.465 e. The number of nitrogens with zero attached hydrogens (tertiary/aromatic N) is 4. The Labute approximate surface area is 445 Å². The van der Waals surface area contributed by atoms with Crippen LogP contribution >= 0.6 is 0 Å². The van der Waals surface area contributed by atoms with Gasteiger partial charge in [-0.25, -0.2) is 4.79 Å². The molecule has 10 nitrogen and oxygen atoms in total. The first-order chi connectivity index (χ1) is 35.1. The lowest BCUT2D eigenvalue weighted by Gasteiger charge is -2.44. The van der Waals surface area contributed by atoms with Crippen LogP contribution in [-0.4, -0.2) is 116 Å². The molecule has 1 saturated carbocycles. The molecule has 0 N–H and O–H groups in total. The number of ether oxygens (including phenoxy) is 2. The van der Waals surface area contributed by atoms with Crippen molar-refractivity contribution in [3.05, 3.63) is 0 Å². The highest BCUT2D eigenvalue weighted by molar-refractivity contribution is 5.79. The summed E-state index contributed by atoms with van der Waals surface area (Å²) in [7, 11) is 3.84. The third-order valence-electron chi connectivity index (χ3n) is 16.0. The molecule has 1 saturated heterocycles. The Bertz CT molecular complexity index is 1290. The van der Waals surface area contributed by atoms with Crippen molar-refractivity contribution in [2.75, 3.05) is 66.6 Å². The van der Waals surface area contributed by atoms with Crippen molar-refractivity contribution >= 4 is 23.9 Å². The van der Waals surface area contributed by atoms with E-state index in [1.165, 1.54) is 180 Å². The van der Waals surface area contributed by atoms with Crippen LogP contribution in [0.1, 0.15) is 285 Å². The van der Waals surface area contributed by atoms with Gasteiger partial charge in [0.2, 0.25) is 5.91 Å². The van der Waals surface area contributed by atoms with Gasteiger partial charge in [-0.3, -0.25) is 14.4 Å². The fraction of sp³-hybridized carbons (Fsp3) is 0.935. The highest BCUT2D eigenvalue weighted by Gasteiger charge is 2.39. The van der Waals surface area contributed by atoms with E-state index in [1.54, 1.807) is 0 Å². The van der Waals surface area contributed by atoms with E-state index in [2.05, 4.69) is 32.6 Å². The normalized spacial score (nSPS) is 16.1. The number of carbonyl (C=O) groups is 4. The topological polar surface area (TPSA) is 99.7 Å². The van der Waals surface area contributed by atoms with Crippen LogP contribution in [0.5, 0.6) is 0 Å². The molecule has 0 aromatic heterocycles. The summed E-state index contributed by atoms with van der Waals surface area (Å²) in [6.45, 7) is 13.7. The van der Waals surface area contributed by atoms with Crippen molar-refractivity contribution in [3.63, 3.8) is 0 Å². The summed E-state index contributed by atoms with van der Waals surface area (Å²) in [5, 5.41) is 0. The van der Waals surface area contributed by atoms with Crippen molar-refractivity contribution in [2.24, 2.45) is 17.8 Å². The summed E-state index contributed by atoms with van der Waals surface area (Å²) in [6.07, 6.45) is 46.7. The Hall–Kier alpha value is -2.36. The van der Waals surface area contributed by atoms with Crippen LogP contribution in [0.2, 0.25) is 0 Å². The first-order valence-corrected chi connectivity index (χ1v) is 31.4. The summed E-state index contributed by atoms with van der Waals surface area (Å²) >= 11 is 0. The van der Waals surface area contributed by atoms with Crippen LogP contribution in [0, 0.1) is 17.8 Å². The van der Waals surface area contributed by atoms with Gasteiger partial charge in [-0.05, 0) is 89.6 Å². The third-order valence-corrected chi connectivity index (χ3v) is 16.0. The van der Waals surface area contributed by atoms with E-state index in [9.17, 15) is 19.2 Å². The van der Waals surface area contributed by atoms with Crippen molar-refractivity contribution in [1.29, 1.82) is 0 Å². The predicted octanol–water partition coefficient (Wildman–Crippen LogP) is 16.1. The van der Waals surface area contributed by atoms with Gasteiger partial charge in [0, 0.05) is 51.6 Å². The lowest BCUT2D eigenvalue weighted by atomic mass is 9.77. The van der Waals surface area contributed by atoms with E-state index < -0.39 is 0 Å². The quantitative estimate of drug-likeness (QED) is 0.0442.